The number of imidazole rings is 1. The third kappa shape index (κ3) is 4.69. The van der Waals surface area contributed by atoms with Gasteiger partial charge in [0.15, 0.2) is 5.76 Å². The van der Waals surface area contributed by atoms with E-state index in [-0.39, 0.29) is 11.9 Å². The van der Waals surface area contributed by atoms with Crippen LogP contribution in [0.4, 0.5) is 0 Å². The van der Waals surface area contributed by atoms with E-state index >= 15 is 0 Å². The maximum Gasteiger partial charge on any atom is 0.287 e. The van der Waals surface area contributed by atoms with E-state index in [4.69, 9.17) is 14.1 Å². The molecule has 1 amide bonds. The smallest absolute Gasteiger partial charge is 0.287 e. The summed E-state index contributed by atoms with van der Waals surface area (Å²) >= 11 is 0. The van der Waals surface area contributed by atoms with Crippen LogP contribution in [0.3, 0.4) is 0 Å². The van der Waals surface area contributed by atoms with Crippen molar-refractivity contribution in [3.63, 3.8) is 0 Å². The number of ether oxygens (including phenoxy) is 1. The van der Waals surface area contributed by atoms with E-state index in [1.54, 1.807) is 12.1 Å². The lowest BCUT2D eigenvalue weighted by Gasteiger charge is -2.16. The molecule has 0 fully saturated rings. The lowest BCUT2D eigenvalue weighted by Crippen LogP contribution is -2.28. The molecule has 4 rings (SSSR count). The Balaban J connectivity index is 1.42. The van der Waals surface area contributed by atoms with Gasteiger partial charge in [0.25, 0.3) is 5.91 Å². The van der Waals surface area contributed by atoms with Crippen LogP contribution in [-0.2, 0) is 6.54 Å². The second-order valence-corrected chi connectivity index (χ2v) is 8.04. The summed E-state index contributed by atoms with van der Waals surface area (Å²) in [6, 6.07) is 17.3. The van der Waals surface area contributed by atoms with Gasteiger partial charge in [-0.1, -0.05) is 24.3 Å². The number of hydrogen-bond acceptors (Lipinski definition) is 4. The molecule has 2 aromatic carbocycles. The molecule has 0 aliphatic rings. The average molecular weight is 432 g/mol. The van der Waals surface area contributed by atoms with Gasteiger partial charge >= 0.3 is 0 Å². The van der Waals surface area contributed by atoms with Crippen molar-refractivity contribution in [3.8, 4) is 5.75 Å². The van der Waals surface area contributed by atoms with E-state index < -0.39 is 0 Å². The lowest BCUT2D eigenvalue weighted by molar-refractivity contribution is 0.0909. The molecule has 0 unspecified atom stereocenters. The second-order valence-electron chi connectivity index (χ2n) is 8.04. The first-order chi connectivity index (χ1) is 15.5. The number of amides is 1. The van der Waals surface area contributed by atoms with E-state index in [0.29, 0.717) is 12.4 Å². The molecule has 6 nitrogen and oxygen atoms in total. The Morgan fingerprint density at radius 2 is 1.94 bits per heavy atom. The molecule has 2 aromatic heterocycles. The largest absolute Gasteiger partial charge is 0.493 e. The Kier molecular flexibility index (Phi) is 6.59. The standard InChI is InChI=1S/C26H29N3O3/c1-18-10-8-13-23(19(18)2)31-16-7-6-15-29-22-12-5-4-11-21(22)28-25(29)20(3)27-26(30)24-14-9-17-32-24/h4-5,8-14,17,20H,6-7,15-16H2,1-3H3,(H,27,30)/t20-/m1/s1. The summed E-state index contributed by atoms with van der Waals surface area (Å²) in [6.07, 6.45) is 3.36. The molecule has 6 heteroatoms. The number of fused-ring (bicyclic) bond motifs is 1. The predicted molar refractivity (Wildman–Crippen MR) is 125 cm³/mol. The third-order valence-electron chi connectivity index (χ3n) is 5.75. The third-order valence-corrected chi connectivity index (χ3v) is 5.75. The summed E-state index contributed by atoms with van der Waals surface area (Å²) in [5.74, 6) is 1.83. The van der Waals surface area contributed by atoms with E-state index in [9.17, 15) is 4.79 Å². The number of furan rings is 1. The van der Waals surface area contributed by atoms with Gasteiger partial charge in [0.1, 0.15) is 11.6 Å². The normalized spacial score (nSPS) is 12.1. The molecule has 0 radical (unpaired) electrons. The summed E-state index contributed by atoms with van der Waals surface area (Å²) in [7, 11) is 0. The van der Waals surface area contributed by atoms with Crippen LogP contribution in [0.5, 0.6) is 5.75 Å². The minimum atomic E-state index is -0.258. The maximum absolute atomic E-state index is 12.4. The maximum atomic E-state index is 12.4. The molecule has 0 bridgehead atoms. The quantitative estimate of drug-likeness (QED) is 0.350. The molecule has 4 aromatic rings. The summed E-state index contributed by atoms with van der Waals surface area (Å²) < 4.78 is 13.4. The number of hydrogen-bond donors (Lipinski definition) is 1. The van der Waals surface area contributed by atoms with Gasteiger partial charge < -0.3 is 19.0 Å². The Morgan fingerprint density at radius 3 is 2.75 bits per heavy atom. The number of carbonyl (C=O) groups is 1. The molecule has 0 aliphatic heterocycles. The Labute approximate surface area is 188 Å². The highest BCUT2D eigenvalue weighted by Gasteiger charge is 2.20. The van der Waals surface area contributed by atoms with Crippen LogP contribution in [0.25, 0.3) is 11.0 Å². The first-order valence-electron chi connectivity index (χ1n) is 11.0. The number of aryl methyl sites for hydroxylation is 2. The average Bonchev–Trinajstić information content (AvgIpc) is 3.45. The molecule has 166 valence electrons. The van der Waals surface area contributed by atoms with Crippen LogP contribution < -0.4 is 10.1 Å². The topological polar surface area (TPSA) is 69.3 Å². The highest BCUT2D eigenvalue weighted by Crippen LogP contribution is 2.23. The van der Waals surface area contributed by atoms with Crippen LogP contribution in [0.15, 0.2) is 65.3 Å². The van der Waals surface area contributed by atoms with Gasteiger partial charge in [-0.2, -0.15) is 0 Å². The van der Waals surface area contributed by atoms with Crippen LogP contribution in [-0.4, -0.2) is 22.1 Å². The Bertz CT molecular complexity index is 1190. The number of benzene rings is 2. The van der Waals surface area contributed by atoms with Gasteiger partial charge in [-0.3, -0.25) is 4.79 Å². The number of nitrogens with one attached hydrogen (secondary N) is 1. The van der Waals surface area contributed by atoms with Gasteiger partial charge in [-0.05, 0) is 75.1 Å². The minimum Gasteiger partial charge on any atom is -0.493 e. The molecule has 0 saturated carbocycles. The molecule has 1 N–H and O–H groups in total. The van der Waals surface area contributed by atoms with Gasteiger partial charge in [0.2, 0.25) is 0 Å². The summed E-state index contributed by atoms with van der Waals surface area (Å²) in [6.45, 7) is 7.60. The monoisotopic (exact) mass is 431 g/mol. The number of nitrogens with zero attached hydrogens (tertiary/aromatic N) is 2. The first-order valence-corrected chi connectivity index (χ1v) is 11.0. The molecule has 32 heavy (non-hydrogen) atoms. The first kappa shape index (κ1) is 21.7. The van der Waals surface area contributed by atoms with Crippen molar-refractivity contribution in [1.82, 2.24) is 14.9 Å². The van der Waals surface area contributed by atoms with Crippen molar-refractivity contribution in [2.75, 3.05) is 6.61 Å². The van der Waals surface area contributed by atoms with Crippen LogP contribution in [0.1, 0.15) is 53.3 Å². The highest BCUT2D eigenvalue weighted by atomic mass is 16.5. The van der Waals surface area contributed by atoms with Crippen LogP contribution >= 0.6 is 0 Å². The van der Waals surface area contributed by atoms with Crippen molar-refractivity contribution < 1.29 is 13.9 Å². The molecule has 0 spiro atoms. The Hall–Kier alpha value is -3.54. The van der Waals surface area contributed by atoms with Gasteiger partial charge in [-0.25, -0.2) is 4.98 Å². The zero-order chi connectivity index (χ0) is 22.5. The summed E-state index contributed by atoms with van der Waals surface area (Å²) in [5.41, 5.74) is 4.42. The zero-order valence-corrected chi connectivity index (χ0v) is 18.8. The van der Waals surface area contributed by atoms with Crippen molar-refractivity contribution in [2.45, 2.75) is 46.2 Å². The molecule has 0 aliphatic carbocycles. The highest BCUT2D eigenvalue weighted by molar-refractivity contribution is 5.91. The number of unbranched alkanes of at least 4 members (excludes halogenated alkanes) is 1. The second kappa shape index (κ2) is 9.73. The summed E-state index contributed by atoms with van der Waals surface area (Å²) in [5, 5.41) is 2.99. The Morgan fingerprint density at radius 1 is 1.09 bits per heavy atom. The van der Waals surface area contributed by atoms with Gasteiger partial charge in [0.05, 0.1) is 29.9 Å². The number of aromatic nitrogens is 2. The van der Waals surface area contributed by atoms with Crippen molar-refractivity contribution >= 4 is 16.9 Å². The molecule has 2 heterocycles. The fourth-order valence-corrected chi connectivity index (χ4v) is 3.83. The van der Waals surface area contributed by atoms with E-state index in [2.05, 4.69) is 35.9 Å². The fourth-order valence-electron chi connectivity index (χ4n) is 3.83. The van der Waals surface area contributed by atoms with E-state index in [1.165, 1.54) is 17.4 Å². The van der Waals surface area contributed by atoms with E-state index in [0.717, 1.165) is 42.0 Å². The van der Waals surface area contributed by atoms with Crippen molar-refractivity contribution in [2.24, 2.45) is 0 Å². The SMILES string of the molecule is Cc1cccc(OCCCCn2c([C@@H](C)NC(=O)c3ccco3)nc3ccccc32)c1C. The lowest BCUT2D eigenvalue weighted by atomic mass is 10.1. The fraction of sp³-hybridized carbons (Fsp3) is 0.308. The van der Waals surface area contributed by atoms with Gasteiger partial charge in [-0.15, -0.1) is 0 Å². The van der Waals surface area contributed by atoms with Crippen molar-refractivity contribution in [3.05, 3.63) is 83.6 Å². The van der Waals surface area contributed by atoms with E-state index in [1.807, 2.05) is 37.3 Å². The predicted octanol–water partition coefficient (Wildman–Crippen LogP) is 5.60. The number of rotatable bonds is 9. The molecular weight excluding hydrogens is 402 g/mol. The van der Waals surface area contributed by atoms with Gasteiger partial charge in [0, 0.05) is 6.54 Å². The zero-order valence-electron chi connectivity index (χ0n) is 18.8. The summed E-state index contributed by atoms with van der Waals surface area (Å²) in [4.78, 5) is 17.2. The molecular formula is C26H29N3O3. The number of carbonyl (C=O) groups excluding carboxylic acids is 1. The van der Waals surface area contributed by atoms with Crippen LogP contribution in [0.2, 0.25) is 0 Å². The number of para-hydroxylation sites is 2. The van der Waals surface area contributed by atoms with Crippen molar-refractivity contribution in [1.29, 1.82) is 0 Å². The van der Waals surface area contributed by atoms with Crippen LogP contribution in [0, 0.1) is 13.8 Å². The molecule has 0 saturated heterocycles. The minimum absolute atomic E-state index is 0.247. The molecule has 1 atom stereocenters.